The number of pyridine rings is 1. The highest BCUT2D eigenvalue weighted by Crippen LogP contribution is 2.40. The minimum absolute atomic E-state index is 0.138. The van der Waals surface area contributed by atoms with Crippen LogP contribution >= 0.6 is 11.3 Å². The van der Waals surface area contributed by atoms with Crippen LogP contribution in [0, 0.1) is 13.8 Å². The Hall–Kier alpha value is -3.56. The van der Waals surface area contributed by atoms with Crippen molar-refractivity contribution in [1.29, 1.82) is 0 Å². The van der Waals surface area contributed by atoms with Crippen molar-refractivity contribution in [1.82, 2.24) is 9.88 Å². The van der Waals surface area contributed by atoms with Crippen molar-refractivity contribution in [2.75, 3.05) is 38.2 Å². The van der Waals surface area contributed by atoms with E-state index in [-0.39, 0.29) is 18.2 Å². The lowest BCUT2D eigenvalue weighted by molar-refractivity contribution is 0.0303. The van der Waals surface area contributed by atoms with E-state index >= 15 is 0 Å². The normalized spacial score (nSPS) is 13.4. The van der Waals surface area contributed by atoms with Gasteiger partial charge in [-0.25, -0.2) is 9.78 Å². The first-order chi connectivity index (χ1) is 16.9. The molecule has 0 unspecified atom stereocenters. The first-order valence-corrected chi connectivity index (χ1v) is 12.2. The molecule has 1 aliphatic rings. The molecule has 3 aromatic rings. The van der Waals surface area contributed by atoms with Crippen LogP contribution in [0.3, 0.4) is 0 Å². The predicted octanol–water partition coefficient (Wildman–Crippen LogP) is 4.33. The van der Waals surface area contributed by atoms with Crippen molar-refractivity contribution in [3.63, 3.8) is 0 Å². The molecule has 0 spiro atoms. The van der Waals surface area contributed by atoms with Crippen LogP contribution in [-0.4, -0.2) is 60.6 Å². The molecule has 1 N–H and O–H groups in total. The van der Waals surface area contributed by atoms with Crippen molar-refractivity contribution < 1.29 is 23.9 Å². The van der Waals surface area contributed by atoms with Crippen LogP contribution < -0.4 is 5.32 Å². The van der Waals surface area contributed by atoms with Gasteiger partial charge < -0.3 is 19.7 Å². The zero-order valence-corrected chi connectivity index (χ0v) is 20.7. The summed E-state index contributed by atoms with van der Waals surface area (Å²) in [6, 6.07) is 12.8. The van der Waals surface area contributed by atoms with Gasteiger partial charge in [-0.3, -0.25) is 9.59 Å². The van der Waals surface area contributed by atoms with E-state index in [0.29, 0.717) is 48.1 Å². The third-order valence-electron chi connectivity index (χ3n) is 5.74. The van der Waals surface area contributed by atoms with Gasteiger partial charge in [0.1, 0.15) is 10.7 Å². The maximum Gasteiger partial charge on any atom is 0.339 e. The first-order valence-electron chi connectivity index (χ1n) is 11.4. The number of hydrogen-bond acceptors (Lipinski definition) is 7. The van der Waals surface area contributed by atoms with Crippen LogP contribution in [0.2, 0.25) is 0 Å². The fourth-order valence-electron chi connectivity index (χ4n) is 3.93. The number of nitrogens with zero attached hydrogens (tertiary/aromatic N) is 2. The van der Waals surface area contributed by atoms with Gasteiger partial charge in [0.15, 0.2) is 0 Å². The molecule has 0 saturated carbocycles. The number of nitrogens with one attached hydrogen (secondary N) is 1. The SMILES string of the molecule is CCOC(=O)c1ccc(C(=O)Nc2sc(-c3ccccc3)c(C)c2C(=O)N2CCOCC2)nc1C. The van der Waals surface area contributed by atoms with Crippen molar-refractivity contribution in [3.05, 3.63) is 70.5 Å². The highest BCUT2D eigenvalue weighted by atomic mass is 32.1. The second-order valence-electron chi connectivity index (χ2n) is 8.03. The number of aromatic nitrogens is 1. The molecule has 1 saturated heterocycles. The van der Waals surface area contributed by atoms with Crippen molar-refractivity contribution in [2.24, 2.45) is 0 Å². The highest BCUT2D eigenvalue weighted by Gasteiger charge is 2.28. The van der Waals surface area contributed by atoms with Gasteiger partial charge in [0.05, 0.1) is 36.6 Å². The van der Waals surface area contributed by atoms with Gasteiger partial charge in [-0.1, -0.05) is 30.3 Å². The summed E-state index contributed by atoms with van der Waals surface area (Å²) < 4.78 is 10.4. The number of carbonyl (C=O) groups excluding carboxylic acids is 3. The number of morpholine rings is 1. The molecule has 0 aliphatic carbocycles. The van der Waals surface area contributed by atoms with Gasteiger partial charge in [-0.15, -0.1) is 11.3 Å². The lowest BCUT2D eigenvalue weighted by atomic mass is 10.1. The smallest absolute Gasteiger partial charge is 0.339 e. The second kappa shape index (κ2) is 10.8. The fraction of sp³-hybridized carbons (Fsp3) is 0.308. The van der Waals surface area contributed by atoms with Crippen LogP contribution in [0.4, 0.5) is 5.00 Å². The van der Waals surface area contributed by atoms with Gasteiger partial charge in [0, 0.05) is 18.0 Å². The molecule has 2 aromatic heterocycles. The number of anilines is 1. The number of aryl methyl sites for hydroxylation is 1. The molecule has 0 bridgehead atoms. The Balaban J connectivity index is 1.68. The summed E-state index contributed by atoms with van der Waals surface area (Å²) >= 11 is 1.36. The third-order valence-corrected chi connectivity index (χ3v) is 6.99. The van der Waals surface area contributed by atoms with Gasteiger partial charge in [-0.05, 0) is 44.0 Å². The quantitative estimate of drug-likeness (QED) is 0.514. The van der Waals surface area contributed by atoms with Crippen molar-refractivity contribution >= 4 is 34.1 Å². The van der Waals surface area contributed by atoms with Crippen LogP contribution in [0.1, 0.15) is 49.4 Å². The van der Waals surface area contributed by atoms with E-state index in [0.717, 1.165) is 16.0 Å². The number of ether oxygens (including phenoxy) is 2. The van der Waals surface area contributed by atoms with Gasteiger partial charge in [-0.2, -0.15) is 0 Å². The number of rotatable bonds is 6. The van der Waals surface area contributed by atoms with Crippen LogP contribution in [0.15, 0.2) is 42.5 Å². The molecule has 1 fully saturated rings. The molecule has 182 valence electrons. The maximum absolute atomic E-state index is 13.5. The van der Waals surface area contributed by atoms with Crippen LogP contribution in [0.5, 0.6) is 0 Å². The zero-order valence-electron chi connectivity index (χ0n) is 19.9. The van der Waals surface area contributed by atoms with Gasteiger partial charge >= 0.3 is 5.97 Å². The molecule has 8 nitrogen and oxygen atoms in total. The van der Waals surface area contributed by atoms with Crippen LogP contribution in [-0.2, 0) is 9.47 Å². The van der Waals surface area contributed by atoms with Crippen molar-refractivity contribution in [3.8, 4) is 10.4 Å². The van der Waals surface area contributed by atoms with E-state index in [9.17, 15) is 14.4 Å². The summed E-state index contributed by atoms with van der Waals surface area (Å²) in [6.45, 7) is 7.50. The molecule has 35 heavy (non-hydrogen) atoms. The Morgan fingerprint density at radius 1 is 1.09 bits per heavy atom. The van der Waals surface area contributed by atoms with E-state index in [1.165, 1.54) is 23.5 Å². The summed E-state index contributed by atoms with van der Waals surface area (Å²) in [5.74, 6) is -1.08. The topological polar surface area (TPSA) is 97.8 Å². The maximum atomic E-state index is 13.5. The number of benzene rings is 1. The fourth-order valence-corrected chi connectivity index (χ4v) is 5.13. The Morgan fingerprint density at radius 3 is 2.46 bits per heavy atom. The van der Waals surface area contributed by atoms with E-state index in [1.54, 1.807) is 18.7 Å². The van der Waals surface area contributed by atoms with Crippen LogP contribution in [0.25, 0.3) is 10.4 Å². The third kappa shape index (κ3) is 5.26. The Bertz CT molecular complexity index is 1250. The molecule has 3 heterocycles. The highest BCUT2D eigenvalue weighted by molar-refractivity contribution is 7.20. The minimum Gasteiger partial charge on any atom is -0.462 e. The lowest BCUT2D eigenvalue weighted by Gasteiger charge is -2.27. The standard InChI is InChI=1S/C26H27N3O5S/c1-4-34-26(32)19-10-11-20(27-17(19)3)23(30)28-24-21(25(31)29-12-14-33-15-13-29)16(2)22(35-24)18-8-6-5-7-9-18/h5-11H,4,12-15H2,1-3H3,(H,28,30). The van der Waals surface area contributed by atoms with Crippen molar-refractivity contribution in [2.45, 2.75) is 20.8 Å². The van der Waals surface area contributed by atoms with E-state index in [1.807, 2.05) is 37.3 Å². The summed E-state index contributed by atoms with van der Waals surface area (Å²) in [5, 5.41) is 3.37. The molecule has 0 radical (unpaired) electrons. The number of amides is 2. The summed E-state index contributed by atoms with van der Waals surface area (Å²) in [4.78, 5) is 45.7. The first kappa shape index (κ1) is 24.6. The van der Waals surface area contributed by atoms with E-state index in [2.05, 4.69) is 10.3 Å². The number of esters is 1. The molecule has 0 atom stereocenters. The van der Waals surface area contributed by atoms with Gasteiger partial charge in [0.25, 0.3) is 11.8 Å². The predicted molar refractivity (Wildman–Crippen MR) is 134 cm³/mol. The average molecular weight is 494 g/mol. The monoisotopic (exact) mass is 493 g/mol. The number of carbonyl (C=O) groups is 3. The summed E-state index contributed by atoms with van der Waals surface area (Å²) in [5.41, 5.74) is 3.11. The number of thiophene rings is 1. The Morgan fingerprint density at radius 2 is 1.80 bits per heavy atom. The molecule has 2 amide bonds. The molecule has 9 heteroatoms. The average Bonchev–Trinajstić information content (AvgIpc) is 3.20. The lowest BCUT2D eigenvalue weighted by Crippen LogP contribution is -2.41. The van der Waals surface area contributed by atoms with Gasteiger partial charge in [0.2, 0.25) is 0 Å². The largest absolute Gasteiger partial charge is 0.462 e. The molecule has 1 aliphatic heterocycles. The zero-order chi connectivity index (χ0) is 24.9. The second-order valence-corrected chi connectivity index (χ2v) is 9.06. The summed E-state index contributed by atoms with van der Waals surface area (Å²) in [7, 11) is 0. The Labute approximate surface area is 207 Å². The molecule has 4 rings (SSSR count). The minimum atomic E-state index is -0.482. The Kier molecular flexibility index (Phi) is 7.57. The van der Waals surface area contributed by atoms with E-state index in [4.69, 9.17) is 9.47 Å². The summed E-state index contributed by atoms with van der Waals surface area (Å²) in [6.07, 6.45) is 0. The molecular formula is C26H27N3O5S. The number of hydrogen-bond donors (Lipinski definition) is 1. The molecule has 1 aromatic carbocycles. The van der Waals surface area contributed by atoms with E-state index < -0.39 is 11.9 Å². The molecular weight excluding hydrogens is 466 g/mol.